The van der Waals surface area contributed by atoms with Gasteiger partial charge in [0, 0.05) is 16.9 Å². The lowest BCUT2D eigenvalue weighted by molar-refractivity contribution is 0.792. The summed E-state index contributed by atoms with van der Waals surface area (Å²) in [6.07, 6.45) is 0. The van der Waals surface area contributed by atoms with E-state index in [-0.39, 0.29) is 0 Å². The molecule has 0 bridgehead atoms. The maximum atomic E-state index is 2.42. The average Bonchev–Trinajstić information content (AvgIpc) is 3.11. The van der Waals surface area contributed by atoms with E-state index in [2.05, 4.69) is 115 Å². The zero-order valence-electron chi connectivity index (χ0n) is 15.3. The number of benzene rings is 3. The lowest BCUT2D eigenvalue weighted by Crippen LogP contribution is -2.04. The standard InChI is InChI=1S/C25H23N/c1-19(2)25-23(20-12-6-3-7-13-20)18-24(21-14-8-4-9-15-21)26(25)22-16-10-5-11-17-22/h3-19H,1-2H3. The molecular weight excluding hydrogens is 314 g/mol. The van der Waals surface area contributed by atoms with E-state index in [0.717, 1.165) is 0 Å². The molecule has 0 aliphatic rings. The monoisotopic (exact) mass is 337 g/mol. The Morgan fingerprint density at radius 2 is 1.12 bits per heavy atom. The molecule has 0 fully saturated rings. The number of hydrogen-bond acceptors (Lipinski definition) is 0. The predicted octanol–water partition coefficient (Wildman–Crippen LogP) is 6.93. The van der Waals surface area contributed by atoms with Gasteiger partial charge in [-0.2, -0.15) is 0 Å². The van der Waals surface area contributed by atoms with Crippen LogP contribution in [0, 0.1) is 0 Å². The van der Waals surface area contributed by atoms with Crippen LogP contribution in [0.2, 0.25) is 0 Å². The van der Waals surface area contributed by atoms with Gasteiger partial charge in [-0.25, -0.2) is 0 Å². The number of nitrogens with zero attached hydrogens (tertiary/aromatic N) is 1. The van der Waals surface area contributed by atoms with Crippen molar-refractivity contribution in [1.82, 2.24) is 4.57 Å². The Balaban J connectivity index is 2.05. The summed E-state index contributed by atoms with van der Waals surface area (Å²) < 4.78 is 2.42. The summed E-state index contributed by atoms with van der Waals surface area (Å²) in [7, 11) is 0. The molecule has 1 heteroatoms. The summed E-state index contributed by atoms with van der Waals surface area (Å²) in [5.74, 6) is 0.405. The maximum Gasteiger partial charge on any atom is 0.0537 e. The van der Waals surface area contributed by atoms with Crippen LogP contribution in [0.25, 0.3) is 28.1 Å². The average molecular weight is 337 g/mol. The largest absolute Gasteiger partial charge is 0.313 e. The topological polar surface area (TPSA) is 4.93 Å². The molecule has 1 aromatic heterocycles. The second-order valence-electron chi connectivity index (χ2n) is 6.89. The molecule has 0 amide bonds. The number of rotatable bonds is 4. The summed E-state index contributed by atoms with van der Waals surface area (Å²) in [6.45, 7) is 4.55. The first kappa shape index (κ1) is 16.4. The SMILES string of the molecule is CC(C)c1c(-c2ccccc2)cc(-c2ccccc2)n1-c1ccccc1. The second-order valence-corrected chi connectivity index (χ2v) is 6.89. The van der Waals surface area contributed by atoms with Gasteiger partial charge in [0.1, 0.15) is 0 Å². The van der Waals surface area contributed by atoms with Crippen molar-refractivity contribution in [2.24, 2.45) is 0 Å². The molecule has 1 heterocycles. The third-order valence-electron chi connectivity index (χ3n) is 4.75. The van der Waals surface area contributed by atoms with Crippen LogP contribution in [0.1, 0.15) is 25.5 Å². The third-order valence-corrected chi connectivity index (χ3v) is 4.75. The van der Waals surface area contributed by atoms with Crippen LogP contribution in [-0.4, -0.2) is 4.57 Å². The summed E-state index contributed by atoms with van der Waals surface area (Å²) in [6, 6.07) is 34.4. The maximum absolute atomic E-state index is 2.42. The fourth-order valence-corrected chi connectivity index (χ4v) is 3.62. The van der Waals surface area contributed by atoms with Crippen molar-refractivity contribution in [3.05, 3.63) is 103 Å². The highest BCUT2D eigenvalue weighted by Crippen LogP contribution is 2.38. The fourth-order valence-electron chi connectivity index (χ4n) is 3.62. The molecule has 0 aliphatic heterocycles. The van der Waals surface area contributed by atoms with Crippen molar-refractivity contribution in [2.75, 3.05) is 0 Å². The van der Waals surface area contributed by atoms with Crippen molar-refractivity contribution in [3.63, 3.8) is 0 Å². The number of hydrogen-bond donors (Lipinski definition) is 0. The molecular formula is C25H23N. The second kappa shape index (κ2) is 7.05. The highest BCUT2D eigenvalue weighted by atomic mass is 15.0. The lowest BCUT2D eigenvalue weighted by Gasteiger charge is -2.17. The van der Waals surface area contributed by atoms with Gasteiger partial charge in [0.2, 0.25) is 0 Å². The molecule has 0 aliphatic carbocycles. The minimum absolute atomic E-state index is 0.405. The zero-order chi connectivity index (χ0) is 17.9. The van der Waals surface area contributed by atoms with Crippen LogP contribution in [0.4, 0.5) is 0 Å². The van der Waals surface area contributed by atoms with E-state index in [1.807, 2.05) is 0 Å². The Kier molecular flexibility index (Phi) is 4.45. The predicted molar refractivity (Wildman–Crippen MR) is 111 cm³/mol. The van der Waals surface area contributed by atoms with Gasteiger partial charge in [-0.05, 0) is 35.2 Å². The Morgan fingerprint density at radius 1 is 0.615 bits per heavy atom. The summed E-state index contributed by atoms with van der Waals surface area (Å²) in [4.78, 5) is 0. The van der Waals surface area contributed by atoms with E-state index in [4.69, 9.17) is 0 Å². The minimum Gasteiger partial charge on any atom is -0.313 e. The lowest BCUT2D eigenvalue weighted by atomic mass is 9.99. The van der Waals surface area contributed by atoms with Crippen LogP contribution in [0.5, 0.6) is 0 Å². The molecule has 1 nitrogen and oxygen atoms in total. The van der Waals surface area contributed by atoms with Crippen molar-refractivity contribution < 1.29 is 0 Å². The molecule has 0 N–H and O–H groups in total. The van der Waals surface area contributed by atoms with Gasteiger partial charge in [-0.3, -0.25) is 0 Å². The van der Waals surface area contributed by atoms with E-state index in [1.54, 1.807) is 0 Å². The minimum atomic E-state index is 0.405. The molecule has 0 atom stereocenters. The number of aromatic nitrogens is 1. The Bertz CT molecular complexity index is 981. The van der Waals surface area contributed by atoms with Gasteiger partial charge in [-0.1, -0.05) is 92.7 Å². The van der Waals surface area contributed by atoms with E-state index < -0.39 is 0 Å². The first-order valence-corrected chi connectivity index (χ1v) is 9.17. The molecule has 0 saturated carbocycles. The normalized spacial score (nSPS) is 11.0. The highest BCUT2D eigenvalue weighted by molar-refractivity contribution is 5.77. The summed E-state index contributed by atoms with van der Waals surface area (Å²) >= 11 is 0. The van der Waals surface area contributed by atoms with Gasteiger partial charge >= 0.3 is 0 Å². The molecule has 128 valence electrons. The summed E-state index contributed by atoms with van der Waals surface area (Å²) in [5.41, 5.74) is 7.60. The van der Waals surface area contributed by atoms with Crippen LogP contribution in [-0.2, 0) is 0 Å². The molecule has 0 saturated heterocycles. The van der Waals surface area contributed by atoms with Crippen LogP contribution < -0.4 is 0 Å². The van der Waals surface area contributed by atoms with Crippen LogP contribution in [0.15, 0.2) is 97.1 Å². The van der Waals surface area contributed by atoms with Crippen molar-refractivity contribution >= 4 is 0 Å². The molecule has 4 aromatic rings. The Labute approximate surface area is 155 Å². The van der Waals surface area contributed by atoms with Crippen LogP contribution >= 0.6 is 0 Å². The van der Waals surface area contributed by atoms with E-state index in [1.165, 1.54) is 33.8 Å². The van der Waals surface area contributed by atoms with Gasteiger partial charge in [0.25, 0.3) is 0 Å². The van der Waals surface area contributed by atoms with Crippen molar-refractivity contribution in [2.45, 2.75) is 19.8 Å². The van der Waals surface area contributed by atoms with Gasteiger partial charge < -0.3 is 4.57 Å². The third kappa shape index (κ3) is 2.97. The first-order chi connectivity index (χ1) is 12.8. The molecule has 4 rings (SSSR count). The van der Waals surface area contributed by atoms with Gasteiger partial charge in [0.05, 0.1) is 5.69 Å². The molecule has 0 radical (unpaired) electrons. The molecule has 26 heavy (non-hydrogen) atoms. The Morgan fingerprint density at radius 3 is 1.65 bits per heavy atom. The van der Waals surface area contributed by atoms with Crippen molar-refractivity contribution in [1.29, 1.82) is 0 Å². The Hall–Kier alpha value is -3.06. The summed E-state index contributed by atoms with van der Waals surface area (Å²) in [5, 5.41) is 0. The molecule has 0 spiro atoms. The molecule has 0 unspecified atom stereocenters. The smallest absolute Gasteiger partial charge is 0.0537 e. The van der Waals surface area contributed by atoms with Gasteiger partial charge in [0.15, 0.2) is 0 Å². The van der Waals surface area contributed by atoms with Crippen LogP contribution in [0.3, 0.4) is 0 Å². The first-order valence-electron chi connectivity index (χ1n) is 9.17. The number of para-hydroxylation sites is 1. The van der Waals surface area contributed by atoms with Crippen molar-refractivity contribution in [3.8, 4) is 28.1 Å². The van der Waals surface area contributed by atoms with E-state index >= 15 is 0 Å². The highest BCUT2D eigenvalue weighted by Gasteiger charge is 2.20. The molecule has 3 aromatic carbocycles. The van der Waals surface area contributed by atoms with Gasteiger partial charge in [-0.15, -0.1) is 0 Å². The quantitative estimate of drug-likeness (QED) is 0.380. The fraction of sp³-hybridized carbons (Fsp3) is 0.120. The van der Waals surface area contributed by atoms with E-state index in [0.29, 0.717) is 5.92 Å². The van der Waals surface area contributed by atoms with E-state index in [9.17, 15) is 0 Å². The zero-order valence-corrected chi connectivity index (χ0v) is 15.3.